The fourth-order valence-electron chi connectivity index (χ4n) is 2.03. The molecule has 0 atom stereocenters. The zero-order valence-corrected chi connectivity index (χ0v) is 12.8. The first-order valence-corrected chi connectivity index (χ1v) is 7.32. The van der Waals surface area contributed by atoms with Crippen molar-refractivity contribution in [3.8, 4) is 0 Å². The number of nitrogens with one attached hydrogen (secondary N) is 1. The van der Waals surface area contributed by atoms with Crippen LogP contribution in [-0.2, 0) is 9.59 Å². The number of carbonyl (C=O) groups excluding carboxylic acids is 1. The smallest absolute Gasteiger partial charge is 0.304 e. The van der Waals surface area contributed by atoms with Gasteiger partial charge in [0.15, 0.2) is 0 Å². The van der Waals surface area contributed by atoms with Gasteiger partial charge >= 0.3 is 5.97 Å². The van der Waals surface area contributed by atoms with Crippen LogP contribution in [0.5, 0.6) is 0 Å². The number of amides is 1. The molecular weight excluding hydrogens is 268 g/mol. The molecule has 2 N–H and O–H groups in total. The maximum absolute atomic E-state index is 12.0. The fourth-order valence-corrected chi connectivity index (χ4v) is 2.03. The summed E-state index contributed by atoms with van der Waals surface area (Å²) in [5, 5.41) is 11.6. The average Bonchev–Trinajstić information content (AvgIpc) is 2.41. The highest BCUT2D eigenvalue weighted by Gasteiger charge is 2.12. The molecule has 0 aliphatic carbocycles. The monoisotopic (exact) mass is 292 g/mol. The Morgan fingerprint density at radius 2 is 2.05 bits per heavy atom. The highest BCUT2D eigenvalue weighted by atomic mass is 16.4. The lowest BCUT2D eigenvalue weighted by atomic mass is 10.2. The van der Waals surface area contributed by atoms with Gasteiger partial charge in [-0.3, -0.25) is 14.5 Å². The van der Waals surface area contributed by atoms with E-state index in [4.69, 9.17) is 5.11 Å². The summed E-state index contributed by atoms with van der Waals surface area (Å²) in [5.74, 6) is -0.947. The van der Waals surface area contributed by atoms with Crippen molar-refractivity contribution in [2.24, 2.45) is 0 Å². The standard InChI is InChI=1S/C16H24N2O3/c1-3-4-9-18(10-8-16(20)21)12-15(19)17-14-7-5-6-13(2)11-14/h5-7,11H,3-4,8-10,12H2,1-2H3,(H,17,19)(H,20,21). The number of rotatable bonds is 9. The van der Waals surface area contributed by atoms with Crippen molar-refractivity contribution >= 4 is 17.6 Å². The van der Waals surface area contributed by atoms with E-state index in [-0.39, 0.29) is 18.9 Å². The molecule has 0 bridgehead atoms. The Balaban J connectivity index is 2.51. The van der Waals surface area contributed by atoms with Crippen LogP contribution in [0.2, 0.25) is 0 Å². The zero-order valence-electron chi connectivity index (χ0n) is 12.8. The van der Waals surface area contributed by atoms with Crippen molar-refractivity contribution in [1.82, 2.24) is 4.90 Å². The van der Waals surface area contributed by atoms with E-state index in [1.807, 2.05) is 36.1 Å². The molecule has 1 aromatic carbocycles. The number of carbonyl (C=O) groups is 2. The molecule has 0 fully saturated rings. The number of anilines is 1. The van der Waals surface area contributed by atoms with Gasteiger partial charge < -0.3 is 10.4 Å². The normalized spacial score (nSPS) is 10.6. The van der Waals surface area contributed by atoms with E-state index in [1.54, 1.807) is 0 Å². The molecule has 0 saturated carbocycles. The third-order valence-corrected chi connectivity index (χ3v) is 3.14. The van der Waals surface area contributed by atoms with Crippen LogP contribution in [0.1, 0.15) is 31.7 Å². The van der Waals surface area contributed by atoms with Crippen LogP contribution in [0.3, 0.4) is 0 Å². The van der Waals surface area contributed by atoms with Crippen LogP contribution in [-0.4, -0.2) is 41.5 Å². The first-order valence-electron chi connectivity index (χ1n) is 7.32. The summed E-state index contributed by atoms with van der Waals surface area (Å²) in [5.41, 5.74) is 1.86. The van der Waals surface area contributed by atoms with Gasteiger partial charge in [-0.25, -0.2) is 0 Å². The van der Waals surface area contributed by atoms with Gasteiger partial charge in [-0.15, -0.1) is 0 Å². The Kier molecular flexibility index (Phi) is 7.46. The molecule has 0 heterocycles. The third kappa shape index (κ3) is 7.46. The molecule has 5 nitrogen and oxygen atoms in total. The highest BCUT2D eigenvalue weighted by molar-refractivity contribution is 5.92. The summed E-state index contributed by atoms with van der Waals surface area (Å²) in [4.78, 5) is 24.6. The summed E-state index contributed by atoms with van der Waals surface area (Å²) in [7, 11) is 0. The lowest BCUT2D eigenvalue weighted by Gasteiger charge is -2.20. The number of carboxylic acid groups (broad SMARTS) is 1. The molecule has 0 spiro atoms. The van der Waals surface area contributed by atoms with Gasteiger partial charge in [0, 0.05) is 12.2 Å². The van der Waals surface area contributed by atoms with Gasteiger partial charge in [0.05, 0.1) is 13.0 Å². The van der Waals surface area contributed by atoms with Gasteiger partial charge in [0.1, 0.15) is 0 Å². The molecule has 1 aromatic rings. The summed E-state index contributed by atoms with van der Waals surface area (Å²) in [6.45, 7) is 5.40. The summed E-state index contributed by atoms with van der Waals surface area (Å²) >= 11 is 0. The predicted octanol–water partition coefficient (Wildman–Crippen LogP) is 2.51. The Bertz CT molecular complexity index is 474. The zero-order chi connectivity index (χ0) is 15.7. The average molecular weight is 292 g/mol. The molecule has 0 aliphatic rings. The van der Waals surface area contributed by atoms with Crippen molar-refractivity contribution in [2.75, 3.05) is 25.0 Å². The Hall–Kier alpha value is -1.88. The van der Waals surface area contributed by atoms with Crippen molar-refractivity contribution < 1.29 is 14.7 Å². The molecule has 0 aromatic heterocycles. The first-order chi connectivity index (χ1) is 10.0. The second-order valence-corrected chi connectivity index (χ2v) is 5.19. The second kappa shape index (κ2) is 9.13. The van der Waals surface area contributed by atoms with Crippen LogP contribution in [0.25, 0.3) is 0 Å². The first kappa shape index (κ1) is 17.2. The maximum atomic E-state index is 12.0. The van der Waals surface area contributed by atoms with Crippen LogP contribution in [0, 0.1) is 6.92 Å². The molecule has 21 heavy (non-hydrogen) atoms. The minimum absolute atomic E-state index is 0.0570. The van der Waals surface area contributed by atoms with E-state index < -0.39 is 5.97 Å². The maximum Gasteiger partial charge on any atom is 0.304 e. The Labute approximate surface area is 126 Å². The van der Waals surface area contributed by atoms with Crippen LogP contribution >= 0.6 is 0 Å². The van der Waals surface area contributed by atoms with Gasteiger partial charge in [-0.1, -0.05) is 25.5 Å². The number of benzene rings is 1. The molecule has 0 aliphatic heterocycles. The van der Waals surface area contributed by atoms with E-state index in [0.29, 0.717) is 6.54 Å². The van der Waals surface area contributed by atoms with E-state index in [2.05, 4.69) is 12.2 Å². The molecular formula is C16H24N2O3. The summed E-state index contributed by atoms with van der Waals surface area (Å²) in [6, 6.07) is 7.62. The van der Waals surface area contributed by atoms with Crippen molar-refractivity contribution in [2.45, 2.75) is 33.1 Å². The molecule has 116 valence electrons. The highest BCUT2D eigenvalue weighted by Crippen LogP contribution is 2.09. The lowest BCUT2D eigenvalue weighted by Crippen LogP contribution is -2.35. The lowest BCUT2D eigenvalue weighted by molar-refractivity contribution is -0.137. The van der Waals surface area contributed by atoms with Gasteiger partial charge in [-0.05, 0) is 37.6 Å². The van der Waals surface area contributed by atoms with Crippen molar-refractivity contribution in [1.29, 1.82) is 0 Å². The number of aliphatic carboxylic acids is 1. The molecule has 5 heteroatoms. The van der Waals surface area contributed by atoms with Gasteiger partial charge in [0.2, 0.25) is 5.91 Å². The number of nitrogens with zero attached hydrogens (tertiary/aromatic N) is 1. The van der Waals surface area contributed by atoms with E-state index in [1.165, 1.54) is 0 Å². The van der Waals surface area contributed by atoms with Crippen molar-refractivity contribution in [3.63, 3.8) is 0 Å². The molecule has 1 amide bonds. The summed E-state index contributed by atoms with van der Waals surface area (Å²) in [6.07, 6.45) is 2.03. The molecule has 0 radical (unpaired) electrons. The van der Waals surface area contributed by atoms with Gasteiger partial charge in [-0.2, -0.15) is 0 Å². The number of hydrogen-bond donors (Lipinski definition) is 2. The van der Waals surface area contributed by atoms with Crippen LogP contribution in [0.4, 0.5) is 5.69 Å². The van der Waals surface area contributed by atoms with E-state index >= 15 is 0 Å². The molecule has 0 saturated heterocycles. The Morgan fingerprint density at radius 1 is 1.29 bits per heavy atom. The minimum atomic E-state index is -0.837. The Morgan fingerprint density at radius 3 is 2.67 bits per heavy atom. The minimum Gasteiger partial charge on any atom is -0.481 e. The number of hydrogen-bond acceptors (Lipinski definition) is 3. The van der Waals surface area contributed by atoms with Crippen LogP contribution < -0.4 is 5.32 Å². The quantitative estimate of drug-likeness (QED) is 0.733. The van der Waals surface area contributed by atoms with Crippen LogP contribution in [0.15, 0.2) is 24.3 Å². The number of carboxylic acids is 1. The van der Waals surface area contributed by atoms with E-state index in [0.717, 1.165) is 30.6 Å². The van der Waals surface area contributed by atoms with E-state index in [9.17, 15) is 9.59 Å². The molecule has 1 rings (SSSR count). The van der Waals surface area contributed by atoms with Crippen molar-refractivity contribution in [3.05, 3.63) is 29.8 Å². The third-order valence-electron chi connectivity index (χ3n) is 3.14. The predicted molar refractivity (Wildman–Crippen MR) is 83.4 cm³/mol. The topological polar surface area (TPSA) is 69.6 Å². The molecule has 0 unspecified atom stereocenters. The SMILES string of the molecule is CCCCN(CCC(=O)O)CC(=O)Nc1cccc(C)c1. The number of unbranched alkanes of at least 4 members (excludes halogenated alkanes) is 1. The number of aryl methyl sites for hydroxylation is 1. The second-order valence-electron chi connectivity index (χ2n) is 5.19. The van der Waals surface area contributed by atoms with Gasteiger partial charge in [0.25, 0.3) is 0 Å². The summed E-state index contributed by atoms with van der Waals surface area (Å²) < 4.78 is 0. The largest absolute Gasteiger partial charge is 0.481 e. The fraction of sp³-hybridized carbons (Fsp3) is 0.500.